The van der Waals surface area contributed by atoms with Crippen molar-refractivity contribution >= 4 is 17.4 Å². The van der Waals surface area contributed by atoms with Crippen molar-refractivity contribution in [1.82, 2.24) is 4.98 Å². The van der Waals surface area contributed by atoms with Crippen LogP contribution in [0.5, 0.6) is 0 Å². The summed E-state index contributed by atoms with van der Waals surface area (Å²) in [6.45, 7) is 6.72. The Bertz CT molecular complexity index is 882. The molecule has 4 heteroatoms. The molecule has 1 aliphatic heterocycles. The zero-order valence-electron chi connectivity index (χ0n) is 19.2. The second-order valence-electron chi connectivity index (χ2n) is 9.32. The third-order valence-corrected chi connectivity index (χ3v) is 5.42. The normalized spacial score (nSPS) is 14.0. The van der Waals surface area contributed by atoms with Gasteiger partial charge in [-0.2, -0.15) is 0 Å². The molecule has 1 aromatic carbocycles. The number of esters is 1. The maximum Gasteiger partial charge on any atom is 0.331 e. The van der Waals surface area contributed by atoms with E-state index in [-0.39, 0.29) is 5.97 Å². The van der Waals surface area contributed by atoms with E-state index in [0.29, 0.717) is 0 Å². The molecule has 0 radical (unpaired) electrons. The Labute approximate surface area is 187 Å². The summed E-state index contributed by atoms with van der Waals surface area (Å²) < 4.78 is 5.50. The monoisotopic (exact) mass is 420 g/mol. The highest BCUT2D eigenvalue weighted by molar-refractivity contribution is 5.91. The molecular formula is C27H36N2O2. The van der Waals surface area contributed by atoms with Gasteiger partial charge in [0.2, 0.25) is 0 Å². The van der Waals surface area contributed by atoms with Crippen molar-refractivity contribution in [2.24, 2.45) is 0 Å². The molecule has 0 unspecified atom stereocenters. The van der Waals surface area contributed by atoms with Gasteiger partial charge in [-0.05, 0) is 82.1 Å². The topological polar surface area (TPSA) is 51.2 Å². The molecule has 0 atom stereocenters. The first-order chi connectivity index (χ1) is 14.9. The van der Waals surface area contributed by atoms with Gasteiger partial charge in [0, 0.05) is 18.3 Å². The van der Waals surface area contributed by atoms with Crippen LogP contribution in [0.3, 0.4) is 0 Å². The summed E-state index contributed by atoms with van der Waals surface area (Å²) in [5, 5.41) is 3.42. The molecule has 0 bridgehead atoms. The van der Waals surface area contributed by atoms with E-state index in [1.807, 2.05) is 39.0 Å². The summed E-state index contributed by atoms with van der Waals surface area (Å²) in [5.41, 5.74) is 4.20. The molecule has 0 aliphatic carbocycles. The number of allylic oxidation sites excluding steroid dienone is 1. The fourth-order valence-corrected chi connectivity index (χ4v) is 3.91. The van der Waals surface area contributed by atoms with Crippen molar-refractivity contribution in [3.05, 3.63) is 65.4 Å². The lowest BCUT2D eigenvalue weighted by Crippen LogP contribution is -2.22. The summed E-state index contributed by atoms with van der Waals surface area (Å²) in [6.07, 6.45) is 10.4. The van der Waals surface area contributed by atoms with Gasteiger partial charge in [-0.15, -0.1) is 0 Å². The van der Waals surface area contributed by atoms with Gasteiger partial charge in [-0.1, -0.05) is 49.2 Å². The molecule has 3 rings (SSSR count). The summed E-state index contributed by atoms with van der Waals surface area (Å²) in [4.78, 5) is 17.1. The number of unbranched alkanes of at least 4 members (excludes halogenated alkanes) is 3. The SMILES string of the molecule is CC(C)(C)OC(=O)/C=C(/CCCCCCc1ccc2c(n1)NCCC2)c1ccccc1. The number of hydrogen-bond donors (Lipinski definition) is 1. The highest BCUT2D eigenvalue weighted by Gasteiger charge is 2.15. The zero-order valence-corrected chi connectivity index (χ0v) is 19.2. The predicted molar refractivity (Wildman–Crippen MR) is 128 cm³/mol. The quantitative estimate of drug-likeness (QED) is 0.291. The largest absolute Gasteiger partial charge is 0.457 e. The first-order valence-electron chi connectivity index (χ1n) is 11.6. The van der Waals surface area contributed by atoms with Crippen LogP contribution in [-0.4, -0.2) is 23.1 Å². The number of aryl methyl sites for hydroxylation is 2. The molecule has 1 aromatic heterocycles. The number of anilines is 1. The molecule has 4 nitrogen and oxygen atoms in total. The van der Waals surface area contributed by atoms with Crippen LogP contribution < -0.4 is 5.32 Å². The molecule has 0 saturated heterocycles. The average molecular weight is 421 g/mol. The van der Waals surface area contributed by atoms with E-state index < -0.39 is 5.60 Å². The standard InChI is InChI=1S/C27H36N2O2/c1-27(2,3)31-25(30)20-23(21-12-8-6-9-13-21)14-7-4-5-10-16-24-18-17-22-15-11-19-28-26(22)29-24/h6,8-9,12-13,17-18,20H,4-5,7,10-11,14-16,19H2,1-3H3,(H,28,29)/b23-20-. The minimum atomic E-state index is -0.477. The molecule has 1 N–H and O–H groups in total. The van der Waals surface area contributed by atoms with E-state index in [0.717, 1.165) is 62.0 Å². The number of benzene rings is 1. The average Bonchev–Trinajstić information content (AvgIpc) is 2.74. The molecule has 0 saturated carbocycles. The Morgan fingerprint density at radius 3 is 2.61 bits per heavy atom. The second kappa shape index (κ2) is 11.1. The zero-order chi connectivity index (χ0) is 22.1. The van der Waals surface area contributed by atoms with Crippen LogP contribution in [-0.2, 0) is 22.4 Å². The van der Waals surface area contributed by atoms with Gasteiger partial charge >= 0.3 is 5.97 Å². The van der Waals surface area contributed by atoms with Gasteiger partial charge in [0.25, 0.3) is 0 Å². The summed E-state index contributed by atoms with van der Waals surface area (Å²) in [7, 11) is 0. The van der Waals surface area contributed by atoms with Crippen LogP contribution in [0.2, 0.25) is 0 Å². The van der Waals surface area contributed by atoms with E-state index in [1.165, 1.54) is 24.1 Å². The lowest BCUT2D eigenvalue weighted by Gasteiger charge is -2.19. The smallest absolute Gasteiger partial charge is 0.331 e. The molecule has 2 heterocycles. The Morgan fingerprint density at radius 1 is 1.06 bits per heavy atom. The Hall–Kier alpha value is -2.62. The van der Waals surface area contributed by atoms with Gasteiger partial charge in [0.05, 0.1) is 0 Å². The van der Waals surface area contributed by atoms with Gasteiger partial charge in [0.1, 0.15) is 11.4 Å². The number of nitrogens with zero attached hydrogens (tertiary/aromatic N) is 1. The van der Waals surface area contributed by atoms with Gasteiger partial charge < -0.3 is 10.1 Å². The van der Waals surface area contributed by atoms with Crippen molar-refractivity contribution < 1.29 is 9.53 Å². The maximum absolute atomic E-state index is 12.3. The van der Waals surface area contributed by atoms with Crippen molar-refractivity contribution in [1.29, 1.82) is 0 Å². The minimum absolute atomic E-state index is 0.265. The van der Waals surface area contributed by atoms with Crippen LogP contribution in [0.15, 0.2) is 48.5 Å². The van der Waals surface area contributed by atoms with Crippen molar-refractivity contribution in [2.45, 2.75) is 77.7 Å². The molecule has 1 aliphatic rings. The van der Waals surface area contributed by atoms with Gasteiger partial charge in [-0.3, -0.25) is 0 Å². The summed E-state index contributed by atoms with van der Waals surface area (Å²) in [6, 6.07) is 14.6. The van der Waals surface area contributed by atoms with Crippen molar-refractivity contribution in [3.63, 3.8) is 0 Å². The molecule has 0 amide bonds. The van der Waals surface area contributed by atoms with Gasteiger partial charge in [0.15, 0.2) is 0 Å². The number of hydrogen-bond acceptors (Lipinski definition) is 4. The molecule has 166 valence electrons. The second-order valence-corrected chi connectivity index (χ2v) is 9.32. The molecule has 0 fully saturated rings. The van der Waals surface area contributed by atoms with Gasteiger partial charge in [-0.25, -0.2) is 9.78 Å². The maximum atomic E-state index is 12.3. The van der Waals surface area contributed by atoms with E-state index in [4.69, 9.17) is 9.72 Å². The fourth-order valence-electron chi connectivity index (χ4n) is 3.91. The van der Waals surface area contributed by atoms with E-state index in [1.54, 1.807) is 6.08 Å². The van der Waals surface area contributed by atoms with Crippen LogP contribution in [0.25, 0.3) is 5.57 Å². The number of nitrogens with one attached hydrogen (secondary N) is 1. The van der Waals surface area contributed by atoms with E-state index in [2.05, 4.69) is 29.6 Å². The summed E-state index contributed by atoms with van der Waals surface area (Å²) >= 11 is 0. The number of carbonyl (C=O) groups is 1. The predicted octanol–water partition coefficient (Wildman–Crippen LogP) is 6.36. The molecule has 0 spiro atoms. The molecule has 2 aromatic rings. The van der Waals surface area contributed by atoms with Crippen molar-refractivity contribution in [2.75, 3.05) is 11.9 Å². The Kier molecular flexibility index (Phi) is 8.27. The third-order valence-electron chi connectivity index (χ3n) is 5.42. The Morgan fingerprint density at radius 2 is 1.84 bits per heavy atom. The number of fused-ring (bicyclic) bond motifs is 1. The lowest BCUT2D eigenvalue weighted by molar-refractivity contribution is -0.148. The highest BCUT2D eigenvalue weighted by Crippen LogP contribution is 2.23. The first-order valence-corrected chi connectivity index (χ1v) is 11.6. The van der Waals surface area contributed by atoms with Crippen LogP contribution in [0, 0.1) is 0 Å². The van der Waals surface area contributed by atoms with E-state index in [9.17, 15) is 4.79 Å². The minimum Gasteiger partial charge on any atom is -0.457 e. The van der Waals surface area contributed by atoms with Crippen LogP contribution >= 0.6 is 0 Å². The number of rotatable bonds is 9. The van der Waals surface area contributed by atoms with E-state index >= 15 is 0 Å². The van der Waals surface area contributed by atoms with Crippen molar-refractivity contribution in [3.8, 4) is 0 Å². The number of aromatic nitrogens is 1. The summed E-state index contributed by atoms with van der Waals surface area (Å²) in [5.74, 6) is 0.821. The number of carbonyl (C=O) groups excluding carboxylic acids is 1. The number of pyridine rings is 1. The number of ether oxygens (including phenoxy) is 1. The third kappa shape index (κ3) is 7.86. The first kappa shape index (κ1) is 23.1. The molecular weight excluding hydrogens is 384 g/mol. The van der Waals surface area contributed by atoms with Crippen LogP contribution in [0.1, 0.15) is 76.1 Å². The fraction of sp³-hybridized carbons (Fsp3) is 0.481. The highest BCUT2D eigenvalue weighted by atomic mass is 16.6. The Balaban J connectivity index is 1.46. The lowest BCUT2D eigenvalue weighted by atomic mass is 9.98. The molecule has 31 heavy (non-hydrogen) atoms. The van der Waals surface area contributed by atoms with Crippen LogP contribution in [0.4, 0.5) is 5.82 Å².